The van der Waals surface area contributed by atoms with E-state index in [1.54, 1.807) is 6.92 Å². The number of hydrogen-bond acceptors (Lipinski definition) is 6. The molecule has 0 atom stereocenters. The molecule has 6 nitrogen and oxygen atoms in total. The molecule has 1 amide bonds. The molecule has 8 heteroatoms. The first kappa shape index (κ1) is 16.3. The Morgan fingerprint density at radius 1 is 1.45 bits per heavy atom. The number of anilines is 2. The number of thiazole rings is 1. The van der Waals surface area contributed by atoms with Gasteiger partial charge in [0, 0.05) is 5.69 Å². The summed E-state index contributed by atoms with van der Waals surface area (Å²) in [5.74, 6) is 0. The number of hydrogen-bond donors (Lipinski definition) is 2. The standard InChI is InChI=1S/C14H15ClN4O2S/c1-3-21-14(20)19-16-8-11-12(15)18-13(22-11)17-10-6-4-9(2)5-7-10/h4-8H,3H2,1-2H3,(H,17,18)(H,19,20)/b16-8+. The second kappa shape index (κ2) is 7.77. The van der Waals surface area contributed by atoms with Crippen LogP contribution in [0.3, 0.4) is 0 Å². The molecule has 0 aliphatic carbocycles. The fraction of sp³-hybridized carbons (Fsp3) is 0.214. The lowest BCUT2D eigenvalue weighted by atomic mass is 10.2. The summed E-state index contributed by atoms with van der Waals surface area (Å²) in [6.45, 7) is 4.02. The molecule has 1 aromatic carbocycles. The smallest absolute Gasteiger partial charge is 0.427 e. The van der Waals surface area contributed by atoms with Crippen LogP contribution in [-0.2, 0) is 4.74 Å². The number of ether oxygens (including phenoxy) is 1. The summed E-state index contributed by atoms with van der Waals surface area (Å²) >= 11 is 7.36. The minimum absolute atomic E-state index is 0.285. The molecule has 1 heterocycles. The molecular weight excluding hydrogens is 324 g/mol. The lowest BCUT2D eigenvalue weighted by molar-refractivity contribution is 0.152. The van der Waals surface area contributed by atoms with Gasteiger partial charge in [-0.1, -0.05) is 40.6 Å². The van der Waals surface area contributed by atoms with Crippen LogP contribution in [0, 0.1) is 6.92 Å². The van der Waals surface area contributed by atoms with Crippen molar-refractivity contribution in [3.8, 4) is 0 Å². The summed E-state index contributed by atoms with van der Waals surface area (Å²) in [5, 5.41) is 7.88. The number of benzene rings is 1. The van der Waals surface area contributed by atoms with Gasteiger partial charge in [0.25, 0.3) is 0 Å². The van der Waals surface area contributed by atoms with Crippen molar-refractivity contribution in [1.82, 2.24) is 10.4 Å². The Hall–Kier alpha value is -2.12. The summed E-state index contributed by atoms with van der Waals surface area (Å²) in [6.07, 6.45) is 0.814. The third kappa shape index (κ3) is 4.71. The van der Waals surface area contributed by atoms with Crippen molar-refractivity contribution < 1.29 is 9.53 Å². The maximum absolute atomic E-state index is 11.1. The van der Waals surface area contributed by atoms with Crippen LogP contribution in [-0.4, -0.2) is 23.9 Å². The van der Waals surface area contributed by atoms with Crippen LogP contribution in [0.15, 0.2) is 29.4 Å². The van der Waals surface area contributed by atoms with E-state index in [0.29, 0.717) is 15.2 Å². The minimum atomic E-state index is -0.614. The van der Waals surface area contributed by atoms with Crippen LogP contribution in [0.5, 0.6) is 0 Å². The van der Waals surface area contributed by atoms with Crippen LogP contribution in [0.4, 0.5) is 15.6 Å². The first-order valence-electron chi connectivity index (χ1n) is 6.54. The predicted molar refractivity (Wildman–Crippen MR) is 89.3 cm³/mol. The van der Waals surface area contributed by atoms with Crippen molar-refractivity contribution >= 4 is 46.1 Å². The topological polar surface area (TPSA) is 75.6 Å². The highest BCUT2D eigenvalue weighted by molar-refractivity contribution is 7.17. The van der Waals surface area contributed by atoms with Gasteiger partial charge in [-0.05, 0) is 26.0 Å². The Kier molecular flexibility index (Phi) is 5.74. The molecule has 0 radical (unpaired) electrons. The number of halogens is 1. The zero-order chi connectivity index (χ0) is 15.9. The third-order valence-electron chi connectivity index (χ3n) is 2.53. The van der Waals surface area contributed by atoms with Gasteiger partial charge < -0.3 is 10.1 Å². The number of aryl methyl sites for hydroxylation is 1. The molecule has 2 rings (SSSR count). The Bertz CT molecular complexity index is 670. The van der Waals surface area contributed by atoms with Crippen LogP contribution >= 0.6 is 22.9 Å². The number of nitrogens with zero attached hydrogens (tertiary/aromatic N) is 2. The fourth-order valence-corrected chi connectivity index (χ4v) is 2.56. The van der Waals surface area contributed by atoms with Crippen LogP contribution in [0.2, 0.25) is 5.15 Å². The normalized spacial score (nSPS) is 10.7. The number of amides is 1. The van der Waals surface area contributed by atoms with E-state index in [4.69, 9.17) is 11.6 Å². The number of carbonyl (C=O) groups excluding carboxylic acids is 1. The number of rotatable bonds is 5. The molecule has 0 bridgehead atoms. The molecule has 0 saturated heterocycles. The highest BCUT2D eigenvalue weighted by Crippen LogP contribution is 2.27. The van der Waals surface area contributed by atoms with Gasteiger partial charge in [0.15, 0.2) is 10.3 Å². The molecule has 0 aliphatic heterocycles. The van der Waals surface area contributed by atoms with Gasteiger partial charge in [-0.3, -0.25) is 0 Å². The summed E-state index contributed by atoms with van der Waals surface area (Å²) in [7, 11) is 0. The Morgan fingerprint density at radius 3 is 2.86 bits per heavy atom. The van der Waals surface area contributed by atoms with E-state index in [0.717, 1.165) is 5.69 Å². The van der Waals surface area contributed by atoms with Crippen molar-refractivity contribution in [2.45, 2.75) is 13.8 Å². The van der Waals surface area contributed by atoms with Crippen molar-refractivity contribution in [3.63, 3.8) is 0 Å². The quantitative estimate of drug-likeness (QED) is 0.639. The molecule has 1 aromatic heterocycles. The second-order valence-electron chi connectivity index (χ2n) is 4.26. The summed E-state index contributed by atoms with van der Waals surface area (Å²) < 4.78 is 4.68. The Morgan fingerprint density at radius 2 is 2.18 bits per heavy atom. The summed E-state index contributed by atoms with van der Waals surface area (Å²) in [4.78, 5) is 15.9. The first-order valence-corrected chi connectivity index (χ1v) is 7.73. The average molecular weight is 339 g/mol. The van der Waals surface area contributed by atoms with Crippen LogP contribution in [0.25, 0.3) is 0 Å². The van der Waals surface area contributed by atoms with E-state index >= 15 is 0 Å². The zero-order valence-corrected chi connectivity index (χ0v) is 13.7. The van der Waals surface area contributed by atoms with Gasteiger partial charge in [0.1, 0.15) is 0 Å². The maximum atomic E-state index is 11.1. The molecule has 2 aromatic rings. The van der Waals surface area contributed by atoms with Gasteiger partial charge in [-0.15, -0.1) is 0 Å². The first-order chi connectivity index (χ1) is 10.6. The van der Waals surface area contributed by atoms with E-state index in [9.17, 15) is 4.79 Å². The molecule has 116 valence electrons. The molecule has 22 heavy (non-hydrogen) atoms. The minimum Gasteiger partial charge on any atom is -0.449 e. The lowest BCUT2D eigenvalue weighted by Gasteiger charge is -2.01. The molecule has 0 fully saturated rings. The van der Waals surface area contributed by atoms with Gasteiger partial charge >= 0.3 is 6.09 Å². The number of hydrazone groups is 1. The van der Waals surface area contributed by atoms with Gasteiger partial charge in [-0.25, -0.2) is 15.2 Å². The van der Waals surface area contributed by atoms with Crippen molar-refractivity contribution in [3.05, 3.63) is 39.9 Å². The summed E-state index contributed by atoms with van der Waals surface area (Å²) in [6, 6.07) is 7.92. The average Bonchev–Trinajstić information content (AvgIpc) is 2.82. The van der Waals surface area contributed by atoms with Crippen LogP contribution < -0.4 is 10.7 Å². The molecule has 0 saturated carbocycles. The van der Waals surface area contributed by atoms with Gasteiger partial charge in [0.05, 0.1) is 17.7 Å². The van der Waals surface area contributed by atoms with Crippen LogP contribution in [0.1, 0.15) is 17.4 Å². The van der Waals surface area contributed by atoms with Crippen molar-refractivity contribution in [2.24, 2.45) is 5.10 Å². The molecule has 0 spiro atoms. The predicted octanol–water partition coefficient (Wildman–Crippen LogP) is 3.93. The number of carbonyl (C=O) groups is 1. The van der Waals surface area contributed by atoms with E-state index in [1.807, 2.05) is 31.2 Å². The Balaban J connectivity index is 2.00. The summed E-state index contributed by atoms with van der Waals surface area (Å²) in [5.41, 5.74) is 4.33. The molecule has 0 aliphatic rings. The Labute approximate surface area is 137 Å². The lowest BCUT2D eigenvalue weighted by Crippen LogP contribution is -2.18. The van der Waals surface area contributed by atoms with Crippen molar-refractivity contribution in [1.29, 1.82) is 0 Å². The molecule has 2 N–H and O–H groups in total. The number of aromatic nitrogens is 1. The van der Waals surface area contributed by atoms with E-state index < -0.39 is 6.09 Å². The highest BCUT2D eigenvalue weighted by atomic mass is 35.5. The maximum Gasteiger partial charge on any atom is 0.427 e. The SMILES string of the molecule is CCOC(=O)N/N=C/c1sc(Nc2ccc(C)cc2)nc1Cl. The fourth-order valence-electron chi connectivity index (χ4n) is 1.51. The van der Waals surface area contributed by atoms with E-state index in [-0.39, 0.29) is 6.61 Å². The molecular formula is C14H15ClN4O2S. The van der Waals surface area contributed by atoms with Gasteiger partial charge in [0.2, 0.25) is 0 Å². The second-order valence-corrected chi connectivity index (χ2v) is 5.64. The largest absolute Gasteiger partial charge is 0.449 e. The van der Waals surface area contributed by atoms with E-state index in [1.165, 1.54) is 23.1 Å². The number of nitrogens with one attached hydrogen (secondary N) is 2. The highest BCUT2D eigenvalue weighted by Gasteiger charge is 2.08. The zero-order valence-electron chi connectivity index (χ0n) is 12.1. The molecule has 0 unspecified atom stereocenters. The van der Waals surface area contributed by atoms with E-state index in [2.05, 4.69) is 25.6 Å². The monoisotopic (exact) mass is 338 g/mol. The third-order valence-corrected chi connectivity index (χ3v) is 3.83. The van der Waals surface area contributed by atoms with Crippen molar-refractivity contribution in [2.75, 3.05) is 11.9 Å². The van der Waals surface area contributed by atoms with Gasteiger partial charge in [-0.2, -0.15) is 5.10 Å².